The van der Waals surface area contributed by atoms with Gasteiger partial charge < -0.3 is 19.2 Å². The second kappa shape index (κ2) is 8.57. The molecule has 3 aromatic rings. The van der Waals surface area contributed by atoms with Crippen LogP contribution in [-0.4, -0.2) is 50.2 Å². The van der Waals surface area contributed by atoms with Crippen molar-refractivity contribution in [1.82, 2.24) is 9.29 Å². The summed E-state index contributed by atoms with van der Waals surface area (Å²) in [6, 6.07) is 13.5. The Morgan fingerprint density at radius 1 is 1.00 bits per heavy atom. The number of nitrogens with zero attached hydrogens (tertiary/aromatic N) is 1. The molecule has 0 amide bonds. The summed E-state index contributed by atoms with van der Waals surface area (Å²) in [5, 5.41) is 0.748. The summed E-state index contributed by atoms with van der Waals surface area (Å²) >= 11 is 0. The van der Waals surface area contributed by atoms with Crippen molar-refractivity contribution in [2.75, 3.05) is 26.4 Å². The Kier molecular flexibility index (Phi) is 5.62. The van der Waals surface area contributed by atoms with Crippen LogP contribution in [0.25, 0.3) is 10.9 Å². The first-order valence-electron chi connectivity index (χ1n) is 10.6. The third-order valence-corrected chi connectivity index (χ3v) is 7.57. The topological polar surface area (TPSA) is 97.9 Å². The van der Waals surface area contributed by atoms with Crippen LogP contribution in [0.5, 0.6) is 11.5 Å². The van der Waals surface area contributed by atoms with E-state index in [4.69, 9.17) is 14.2 Å². The average Bonchev–Trinajstić information content (AvgIpc) is 3.31. The number of hydrogen-bond acceptors (Lipinski definition) is 6. The van der Waals surface area contributed by atoms with Gasteiger partial charge in [-0.3, -0.25) is 4.79 Å². The quantitative estimate of drug-likeness (QED) is 0.613. The summed E-state index contributed by atoms with van der Waals surface area (Å²) in [6.07, 6.45) is 1.50. The molecule has 2 aromatic carbocycles. The van der Waals surface area contributed by atoms with Gasteiger partial charge in [-0.15, -0.1) is 0 Å². The molecule has 0 spiro atoms. The summed E-state index contributed by atoms with van der Waals surface area (Å²) in [4.78, 5) is 15.9. The van der Waals surface area contributed by atoms with Crippen LogP contribution in [0.15, 0.2) is 58.2 Å². The fourth-order valence-corrected chi connectivity index (χ4v) is 5.57. The molecule has 1 aromatic heterocycles. The largest absolute Gasteiger partial charge is 0.486 e. The molecule has 0 unspecified atom stereocenters. The van der Waals surface area contributed by atoms with E-state index in [2.05, 4.69) is 4.98 Å². The van der Waals surface area contributed by atoms with Gasteiger partial charge in [0.15, 0.2) is 11.5 Å². The lowest BCUT2D eigenvalue weighted by Crippen LogP contribution is -2.38. The van der Waals surface area contributed by atoms with Gasteiger partial charge in [-0.2, -0.15) is 4.31 Å². The Morgan fingerprint density at radius 2 is 1.75 bits per heavy atom. The molecular weight excluding hydrogens is 432 g/mol. The predicted octanol–water partition coefficient (Wildman–Crippen LogP) is 2.67. The Hall–Kier alpha value is -2.88. The molecule has 2 aliphatic rings. The molecule has 2 aliphatic heterocycles. The van der Waals surface area contributed by atoms with E-state index in [-0.39, 0.29) is 29.6 Å². The third kappa shape index (κ3) is 4.11. The first kappa shape index (κ1) is 21.0. The number of pyridine rings is 1. The summed E-state index contributed by atoms with van der Waals surface area (Å²) < 4.78 is 45.1. The highest BCUT2D eigenvalue weighted by Gasteiger charge is 2.30. The van der Waals surface area contributed by atoms with Crippen LogP contribution < -0.4 is 15.0 Å². The number of sulfonamides is 1. The molecular formula is C23H24N2O6S. The van der Waals surface area contributed by atoms with Crippen LogP contribution in [0, 0.1) is 0 Å². The SMILES string of the molecule is O=c1[nH]c2cc3c(cc2cc1CN(C[C@H]1CCCO1)S(=O)(=O)c1ccccc1)OCCO3. The number of rotatable bonds is 6. The molecule has 9 heteroatoms. The molecule has 1 fully saturated rings. The monoisotopic (exact) mass is 456 g/mol. The molecule has 5 rings (SSSR count). The van der Waals surface area contributed by atoms with Crippen LogP contribution in [0.1, 0.15) is 18.4 Å². The van der Waals surface area contributed by atoms with Gasteiger partial charge in [-0.05, 0) is 37.1 Å². The smallest absolute Gasteiger partial charge is 0.252 e. The number of nitrogens with one attached hydrogen (secondary N) is 1. The van der Waals surface area contributed by atoms with Crippen molar-refractivity contribution in [2.45, 2.75) is 30.4 Å². The molecule has 1 atom stereocenters. The zero-order chi connectivity index (χ0) is 22.1. The van der Waals surface area contributed by atoms with E-state index in [0.29, 0.717) is 42.4 Å². The van der Waals surface area contributed by atoms with Gasteiger partial charge in [0.2, 0.25) is 10.0 Å². The zero-order valence-electron chi connectivity index (χ0n) is 17.5. The third-order valence-electron chi connectivity index (χ3n) is 5.74. The van der Waals surface area contributed by atoms with Crippen LogP contribution >= 0.6 is 0 Å². The van der Waals surface area contributed by atoms with Crippen LogP contribution in [0.3, 0.4) is 0 Å². The number of benzene rings is 2. The maximum absolute atomic E-state index is 13.4. The number of ether oxygens (including phenoxy) is 3. The van der Waals surface area contributed by atoms with Crippen molar-refractivity contribution >= 4 is 20.9 Å². The first-order valence-corrected chi connectivity index (χ1v) is 12.1. The van der Waals surface area contributed by atoms with E-state index >= 15 is 0 Å². The van der Waals surface area contributed by atoms with E-state index in [1.165, 1.54) is 4.31 Å². The van der Waals surface area contributed by atoms with Crippen molar-refractivity contribution in [1.29, 1.82) is 0 Å². The van der Waals surface area contributed by atoms with E-state index < -0.39 is 10.0 Å². The zero-order valence-corrected chi connectivity index (χ0v) is 18.3. The van der Waals surface area contributed by atoms with E-state index in [1.807, 2.05) is 0 Å². The number of H-pyrrole nitrogens is 1. The van der Waals surface area contributed by atoms with Crippen molar-refractivity contribution in [3.05, 3.63) is 64.4 Å². The lowest BCUT2D eigenvalue weighted by atomic mass is 10.1. The minimum atomic E-state index is -3.82. The van der Waals surface area contributed by atoms with Gasteiger partial charge in [0.25, 0.3) is 5.56 Å². The Morgan fingerprint density at radius 3 is 2.47 bits per heavy atom. The minimum Gasteiger partial charge on any atom is -0.486 e. The number of fused-ring (bicyclic) bond motifs is 2. The van der Waals surface area contributed by atoms with Crippen molar-refractivity contribution < 1.29 is 22.6 Å². The first-order chi connectivity index (χ1) is 15.5. The highest BCUT2D eigenvalue weighted by Crippen LogP contribution is 2.34. The maximum Gasteiger partial charge on any atom is 0.252 e. The summed E-state index contributed by atoms with van der Waals surface area (Å²) in [5.74, 6) is 1.19. The molecule has 0 bridgehead atoms. The molecule has 32 heavy (non-hydrogen) atoms. The highest BCUT2D eigenvalue weighted by molar-refractivity contribution is 7.89. The Labute approximate surface area is 185 Å². The van der Waals surface area contributed by atoms with Gasteiger partial charge in [-0.1, -0.05) is 18.2 Å². The molecule has 1 saturated heterocycles. The van der Waals surface area contributed by atoms with Crippen molar-refractivity contribution in [2.24, 2.45) is 0 Å². The maximum atomic E-state index is 13.4. The lowest BCUT2D eigenvalue weighted by Gasteiger charge is -2.25. The van der Waals surface area contributed by atoms with Gasteiger partial charge in [0, 0.05) is 36.7 Å². The van der Waals surface area contributed by atoms with Crippen LogP contribution in [-0.2, 0) is 21.3 Å². The highest BCUT2D eigenvalue weighted by atomic mass is 32.2. The molecule has 168 valence electrons. The van der Waals surface area contributed by atoms with Gasteiger partial charge in [0.05, 0.1) is 16.5 Å². The van der Waals surface area contributed by atoms with Gasteiger partial charge >= 0.3 is 0 Å². The van der Waals surface area contributed by atoms with Crippen molar-refractivity contribution in [3.63, 3.8) is 0 Å². The van der Waals surface area contributed by atoms with E-state index in [1.54, 1.807) is 48.5 Å². The number of hydrogen-bond donors (Lipinski definition) is 1. The summed E-state index contributed by atoms with van der Waals surface area (Å²) in [7, 11) is -3.82. The molecule has 0 radical (unpaired) electrons. The van der Waals surface area contributed by atoms with Gasteiger partial charge in [-0.25, -0.2) is 8.42 Å². The summed E-state index contributed by atoms with van der Waals surface area (Å²) in [6.45, 7) is 1.66. The number of aromatic nitrogens is 1. The average molecular weight is 457 g/mol. The van der Waals surface area contributed by atoms with Gasteiger partial charge in [0.1, 0.15) is 13.2 Å². The Bertz CT molecular complexity index is 1280. The molecule has 8 nitrogen and oxygen atoms in total. The fraction of sp³-hybridized carbons (Fsp3) is 0.348. The minimum absolute atomic E-state index is 0.0587. The fourth-order valence-electron chi connectivity index (χ4n) is 4.10. The molecule has 0 aliphatic carbocycles. The van der Waals surface area contributed by atoms with E-state index in [0.717, 1.165) is 18.2 Å². The molecule has 1 N–H and O–H groups in total. The lowest BCUT2D eigenvalue weighted by molar-refractivity contribution is 0.0925. The normalized spacial score (nSPS) is 18.3. The molecule has 3 heterocycles. The Balaban J connectivity index is 1.52. The number of aromatic amines is 1. The predicted molar refractivity (Wildman–Crippen MR) is 119 cm³/mol. The second-order valence-electron chi connectivity index (χ2n) is 7.95. The standard InChI is InChI=1S/C23H24N2O6S/c26-23-17(11-16-12-21-22(13-20(16)24-23)31-10-9-30-21)14-25(15-18-5-4-8-29-18)32(27,28)19-6-2-1-3-7-19/h1-3,6-7,11-13,18H,4-5,8-10,14-15H2,(H,24,26)/t18-/m1/s1. The van der Waals surface area contributed by atoms with Crippen LogP contribution in [0.4, 0.5) is 0 Å². The molecule has 0 saturated carbocycles. The van der Waals surface area contributed by atoms with E-state index in [9.17, 15) is 13.2 Å². The van der Waals surface area contributed by atoms with Crippen LogP contribution in [0.2, 0.25) is 0 Å². The summed E-state index contributed by atoms with van der Waals surface area (Å²) in [5.41, 5.74) is 0.626. The van der Waals surface area contributed by atoms with Crippen molar-refractivity contribution in [3.8, 4) is 11.5 Å². The second-order valence-corrected chi connectivity index (χ2v) is 9.89.